The van der Waals surface area contributed by atoms with Crippen molar-refractivity contribution in [3.8, 4) is 11.3 Å². The second-order valence-electron chi connectivity index (χ2n) is 7.34. The van der Waals surface area contributed by atoms with Crippen LogP contribution in [0, 0.1) is 5.82 Å². The molecule has 0 aliphatic carbocycles. The number of anilines is 1. The normalized spacial score (nSPS) is 11.9. The van der Waals surface area contributed by atoms with E-state index < -0.39 is 0 Å². The average Bonchev–Trinajstić information content (AvgIpc) is 3.27. The first kappa shape index (κ1) is 17.6. The van der Waals surface area contributed by atoms with Gasteiger partial charge >= 0.3 is 0 Å². The molecule has 4 aromatic rings. The van der Waals surface area contributed by atoms with Crippen LogP contribution in [-0.4, -0.2) is 15.1 Å². The highest BCUT2D eigenvalue weighted by molar-refractivity contribution is 7.17. The fraction of sp³-hybridized carbons (Fsp3) is 0.250. The Hall–Kier alpha value is -2.80. The number of nitrogens with one attached hydrogen (secondary N) is 1. The predicted molar refractivity (Wildman–Crippen MR) is 105 cm³/mol. The third kappa shape index (κ3) is 3.55. The molecular weight excluding hydrogens is 363 g/mol. The van der Waals surface area contributed by atoms with Crippen LogP contribution in [0.4, 0.5) is 10.2 Å². The van der Waals surface area contributed by atoms with Crippen LogP contribution in [0.1, 0.15) is 32.1 Å². The van der Waals surface area contributed by atoms with E-state index in [0.29, 0.717) is 18.0 Å². The van der Waals surface area contributed by atoms with Crippen LogP contribution in [-0.2, 0) is 12.0 Å². The van der Waals surface area contributed by atoms with Crippen molar-refractivity contribution < 1.29 is 8.91 Å². The van der Waals surface area contributed by atoms with Gasteiger partial charge in [0.05, 0.1) is 11.9 Å². The molecular formula is C20H19FN4OS. The number of benzene rings is 1. The molecule has 4 rings (SSSR count). The number of fused-ring (bicyclic) bond motifs is 1. The minimum atomic E-state index is -0.276. The van der Waals surface area contributed by atoms with E-state index in [1.54, 1.807) is 29.8 Å². The Morgan fingerprint density at radius 1 is 1.15 bits per heavy atom. The zero-order valence-electron chi connectivity index (χ0n) is 15.3. The topological polar surface area (TPSA) is 63.8 Å². The predicted octanol–water partition coefficient (Wildman–Crippen LogP) is 5.40. The van der Waals surface area contributed by atoms with Crippen LogP contribution in [0.25, 0.3) is 21.5 Å². The van der Waals surface area contributed by atoms with E-state index in [9.17, 15) is 4.39 Å². The van der Waals surface area contributed by atoms with Crippen LogP contribution in [0.2, 0.25) is 0 Å². The lowest BCUT2D eigenvalue weighted by Crippen LogP contribution is -2.11. The number of halogens is 1. The van der Waals surface area contributed by atoms with Gasteiger partial charge in [-0.05, 0) is 40.6 Å². The molecule has 3 heterocycles. The fourth-order valence-electron chi connectivity index (χ4n) is 2.88. The molecule has 3 aromatic heterocycles. The molecule has 0 saturated carbocycles. The molecule has 0 aliphatic rings. The number of rotatable bonds is 4. The summed E-state index contributed by atoms with van der Waals surface area (Å²) in [6, 6.07) is 8.02. The number of thiophene rings is 1. The van der Waals surface area contributed by atoms with Crippen molar-refractivity contribution in [3.05, 3.63) is 59.2 Å². The quantitative estimate of drug-likeness (QED) is 0.512. The summed E-state index contributed by atoms with van der Waals surface area (Å²) in [6.45, 7) is 6.98. The van der Waals surface area contributed by atoms with Crippen molar-refractivity contribution in [1.29, 1.82) is 0 Å². The molecule has 1 N–H and O–H groups in total. The molecule has 0 radical (unpaired) electrons. The van der Waals surface area contributed by atoms with Gasteiger partial charge in [0, 0.05) is 11.6 Å². The fourth-order valence-corrected chi connectivity index (χ4v) is 4.02. The molecule has 27 heavy (non-hydrogen) atoms. The molecule has 1 aromatic carbocycles. The van der Waals surface area contributed by atoms with Crippen LogP contribution in [0.15, 0.2) is 46.6 Å². The average molecular weight is 382 g/mol. The summed E-state index contributed by atoms with van der Waals surface area (Å²) in [5, 5.41) is 10.6. The summed E-state index contributed by atoms with van der Waals surface area (Å²) in [6.07, 6.45) is 1.57. The number of hydrogen-bond donors (Lipinski definition) is 1. The summed E-state index contributed by atoms with van der Waals surface area (Å²) in [4.78, 5) is 9.77. The van der Waals surface area contributed by atoms with E-state index in [-0.39, 0.29) is 11.2 Å². The molecule has 138 valence electrons. The van der Waals surface area contributed by atoms with Crippen molar-refractivity contribution in [3.63, 3.8) is 0 Å². The SMILES string of the molecule is CC(C)(C)c1csc2ncnc(NCc3cc(-c4ccc(F)cc4)no3)c12. The second kappa shape index (κ2) is 6.74. The standard InChI is InChI=1S/C20H19FN4OS/c1-20(2,3)15-10-27-19-17(15)18(23-11-24-19)22-9-14-8-16(25-26-14)12-4-6-13(21)7-5-12/h4-8,10-11H,9H2,1-3H3,(H,22,23,24). The molecule has 0 aliphatic heterocycles. The van der Waals surface area contributed by atoms with Gasteiger partial charge in [-0.1, -0.05) is 25.9 Å². The highest BCUT2D eigenvalue weighted by atomic mass is 32.1. The largest absolute Gasteiger partial charge is 0.362 e. The molecule has 5 nitrogen and oxygen atoms in total. The van der Waals surface area contributed by atoms with Crippen molar-refractivity contribution in [2.24, 2.45) is 0 Å². The van der Waals surface area contributed by atoms with Crippen LogP contribution in [0.3, 0.4) is 0 Å². The van der Waals surface area contributed by atoms with Crippen LogP contribution in [0.5, 0.6) is 0 Å². The molecule has 0 saturated heterocycles. The van der Waals surface area contributed by atoms with Gasteiger partial charge in [-0.15, -0.1) is 11.3 Å². The molecule has 0 unspecified atom stereocenters. The van der Waals surface area contributed by atoms with E-state index >= 15 is 0 Å². The van der Waals surface area contributed by atoms with E-state index in [2.05, 4.69) is 46.6 Å². The zero-order chi connectivity index (χ0) is 19.0. The molecule has 0 bridgehead atoms. The maximum Gasteiger partial charge on any atom is 0.156 e. The van der Waals surface area contributed by atoms with Gasteiger partial charge in [0.25, 0.3) is 0 Å². The lowest BCUT2D eigenvalue weighted by molar-refractivity contribution is 0.390. The highest BCUT2D eigenvalue weighted by Gasteiger charge is 2.21. The summed E-state index contributed by atoms with van der Waals surface area (Å²) in [5.74, 6) is 1.18. The summed E-state index contributed by atoms with van der Waals surface area (Å²) in [5.41, 5.74) is 2.70. The zero-order valence-corrected chi connectivity index (χ0v) is 16.1. The first-order valence-electron chi connectivity index (χ1n) is 8.60. The van der Waals surface area contributed by atoms with Gasteiger partial charge in [0.1, 0.15) is 28.5 Å². The molecule has 0 fully saturated rings. The molecule has 7 heteroatoms. The van der Waals surface area contributed by atoms with Crippen molar-refractivity contribution in [1.82, 2.24) is 15.1 Å². The molecule has 0 amide bonds. The summed E-state index contributed by atoms with van der Waals surface area (Å²) in [7, 11) is 0. The minimum Gasteiger partial charge on any atom is -0.362 e. The molecule has 0 spiro atoms. The number of nitrogens with zero attached hydrogens (tertiary/aromatic N) is 3. The van der Waals surface area contributed by atoms with E-state index in [0.717, 1.165) is 21.6 Å². The van der Waals surface area contributed by atoms with Gasteiger partial charge < -0.3 is 9.84 Å². The van der Waals surface area contributed by atoms with Crippen LogP contribution >= 0.6 is 11.3 Å². The number of hydrogen-bond acceptors (Lipinski definition) is 6. The lowest BCUT2D eigenvalue weighted by atomic mass is 9.87. The second-order valence-corrected chi connectivity index (χ2v) is 8.20. The maximum absolute atomic E-state index is 13.1. The van der Waals surface area contributed by atoms with Gasteiger partial charge in [-0.2, -0.15) is 0 Å². The smallest absolute Gasteiger partial charge is 0.156 e. The third-order valence-corrected chi connectivity index (χ3v) is 5.19. The lowest BCUT2D eigenvalue weighted by Gasteiger charge is -2.18. The first-order chi connectivity index (χ1) is 12.9. The van der Waals surface area contributed by atoms with Crippen LogP contribution < -0.4 is 5.32 Å². The first-order valence-corrected chi connectivity index (χ1v) is 9.48. The van der Waals surface area contributed by atoms with Gasteiger partial charge in [-0.25, -0.2) is 14.4 Å². The van der Waals surface area contributed by atoms with Gasteiger partial charge in [-0.3, -0.25) is 0 Å². The van der Waals surface area contributed by atoms with E-state index in [1.807, 2.05) is 6.07 Å². The Morgan fingerprint density at radius 2 is 1.93 bits per heavy atom. The van der Waals surface area contributed by atoms with E-state index in [4.69, 9.17) is 4.52 Å². The monoisotopic (exact) mass is 382 g/mol. The Bertz CT molecular complexity index is 1080. The van der Waals surface area contributed by atoms with Gasteiger partial charge in [0.15, 0.2) is 5.76 Å². The van der Waals surface area contributed by atoms with E-state index in [1.165, 1.54) is 17.7 Å². The van der Waals surface area contributed by atoms with Gasteiger partial charge in [0.2, 0.25) is 0 Å². The summed E-state index contributed by atoms with van der Waals surface area (Å²) >= 11 is 1.62. The minimum absolute atomic E-state index is 0.00137. The highest BCUT2D eigenvalue weighted by Crippen LogP contribution is 2.37. The van der Waals surface area contributed by atoms with Crippen molar-refractivity contribution in [2.45, 2.75) is 32.7 Å². The summed E-state index contributed by atoms with van der Waals surface area (Å²) < 4.78 is 18.5. The third-order valence-electron chi connectivity index (χ3n) is 4.31. The molecule has 0 atom stereocenters. The Morgan fingerprint density at radius 3 is 2.67 bits per heavy atom. The Kier molecular flexibility index (Phi) is 4.39. The number of aromatic nitrogens is 3. The Balaban J connectivity index is 1.58. The maximum atomic E-state index is 13.1. The van der Waals surface area contributed by atoms with Crippen molar-refractivity contribution in [2.75, 3.05) is 5.32 Å². The Labute approximate surface area is 160 Å². The van der Waals surface area contributed by atoms with Crippen molar-refractivity contribution >= 4 is 27.4 Å².